The highest BCUT2D eigenvalue weighted by molar-refractivity contribution is 7.88. The first-order chi connectivity index (χ1) is 9.90. The second kappa shape index (κ2) is 6.52. The largest absolute Gasteiger partial charge is 0.296 e. The Kier molecular flexibility index (Phi) is 4.94. The summed E-state index contributed by atoms with van der Waals surface area (Å²) in [5.41, 5.74) is 3.63. The number of hydrogen-bond acceptors (Lipinski definition) is 5. The fraction of sp³-hybridized carbons (Fsp3) is 0.462. The summed E-state index contributed by atoms with van der Waals surface area (Å²) in [6.07, 6.45) is 1.23. The van der Waals surface area contributed by atoms with E-state index < -0.39 is 10.0 Å². The molecule has 0 unspecified atom stereocenters. The summed E-state index contributed by atoms with van der Waals surface area (Å²) in [5, 5.41) is 0. The smallest absolute Gasteiger partial charge is 0.265 e. The van der Waals surface area contributed by atoms with Gasteiger partial charge in [-0.3, -0.25) is 15.1 Å². The predicted molar refractivity (Wildman–Crippen MR) is 79.8 cm³/mol. The number of hydrazine groups is 1. The van der Waals surface area contributed by atoms with E-state index in [0.29, 0.717) is 38.3 Å². The quantitative estimate of drug-likeness (QED) is 0.438. The molecule has 0 aromatic heterocycles. The molecule has 1 aliphatic heterocycles. The van der Waals surface area contributed by atoms with Gasteiger partial charge in [0.2, 0.25) is 10.0 Å². The van der Waals surface area contributed by atoms with E-state index in [4.69, 9.17) is 5.84 Å². The number of benzene rings is 1. The van der Waals surface area contributed by atoms with Crippen molar-refractivity contribution in [2.75, 3.05) is 32.4 Å². The second-order valence-electron chi connectivity index (χ2n) is 5.11. The first kappa shape index (κ1) is 15.9. The Morgan fingerprint density at radius 2 is 1.95 bits per heavy atom. The SMILES string of the molecule is CS(=O)(=O)N1CCN(Cc2cccc(C(=O)NN)c2)CC1. The Labute approximate surface area is 124 Å². The number of piperazine rings is 1. The van der Waals surface area contributed by atoms with Gasteiger partial charge in [-0.2, -0.15) is 4.31 Å². The molecule has 1 heterocycles. The van der Waals surface area contributed by atoms with Crippen molar-refractivity contribution in [1.82, 2.24) is 14.6 Å². The molecule has 1 aliphatic rings. The molecule has 1 amide bonds. The van der Waals surface area contributed by atoms with Crippen LogP contribution in [0.5, 0.6) is 0 Å². The Morgan fingerprint density at radius 3 is 2.52 bits per heavy atom. The zero-order chi connectivity index (χ0) is 15.5. The minimum absolute atomic E-state index is 0.321. The molecule has 0 saturated carbocycles. The maximum Gasteiger partial charge on any atom is 0.265 e. The Balaban J connectivity index is 1.96. The van der Waals surface area contributed by atoms with Gasteiger partial charge in [0.05, 0.1) is 6.26 Å². The number of nitrogen functional groups attached to an aromatic ring is 1. The molecule has 116 valence electrons. The van der Waals surface area contributed by atoms with E-state index in [1.807, 2.05) is 12.1 Å². The van der Waals surface area contributed by atoms with Crippen LogP contribution in [0.15, 0.2) is 24.3 Å². The van der Waals surface area contributed by atoms with Gasteiger partial charge < -0.3 is 0 Å². The molecule has 0 radical (unpaired) electrons. The van der Waals surface area contributed by atoms with Gasteiger partial charge in [0, 0.05) is 38.3 Å². The fourth-order valence-corrected chi connectivity index (χ4v) is 3.20. The zero-order valence-corrected chi connectivity index (χ0v) is 12.8. The molecule has 0 aliphatic carbocycles. The van der Waals surface area contributed by atoms with E-state index in [1.165, 1.54) is 10.6 Å². The van der Waals surface area contributed by atoms with Crippen molar-refractivity contribution in [3.63, 3.8) is 0 Å². The van der Waals surface area contributed by atoms with Crippen LogP contribution in [-0.2, 0) is 16.6 Å². The molecule has 1 aromatic rings. The van der Waals surface area contributed by atoms with Gasteiger partial charge in [0.1, 0.15) is 0 Å². The van der Waals surface area contributed by atoms with Crippen LogP contribution in [0.4, 0.5) is 0 Å². The average molecular weight is 312 g/mol. The molecule has 0 spiro atoms. The predicted octanol–water partition coefficient (Wildman–Crippen LogP) is -0.633. The van der Waals surface area contributed by atoms with Crippen molar-refractivity contribution >= 4 is 15.9 Å². The summed E-state index contributed by atoms with van der Waals surface area (Å²) in [6.45, 7) is 3.05. The molecule has 3 N–H and O–H groups in total. The van der Waals surface area contributed by atoms with Gasteiger partial charge in [0.15, 0.2) is 0 Å². The molecule has 0 atom stereocenters. The molecular formula is C13H20N4O3S. The van der Waals surface area contributed by atoms with Gasteiger partial charge in [0.25, 0.3) is 5.91 Å². The lowest BCUT2D eigenvalue weighted by molar-refractivity contribution is 0.0953. The highest BCUT2D eigenvalue weighted by Crippen LogP contribution is 2.12. The number of amides is 1. The third-order valence-electron chi connectivity index (χ3n) is 3.53. The van der Waals surface area contributed by atoms with Crippen LogP contribution in [0.25, 0.3) is 0 Å². The summed E-state index contributed by atoms with van der Waals surface area (Å²) < 4.78 is 24.4. The van der Waals surface area contributed by atoms with Crippen LogP contribution >= 0.6 is 0 Å². The van der Waals surface area contributed by atoms with E-state index in [1.54, 1.807) is 12.1 Å². The second-order valence-corrected chi connectivity index (χ2v) is 7.09. The third kappa shape index (κ3) is 4.24. The minimum Gasteiger partial charge on any atom is -0.296 e. The lowest BCUT2D eigenvalue weighted by atomic mass is 10.1. The van der Waals surface area contributed by atoms with Crippen LogP contribution in [0.3, 0.4) is 0 Å². The lowest BCUT2D eigenvalue weighted by Gasteiger charge is -2.33. The van der Waals surface area contributed by atoms with Crippen molar-refractivity contribution in [3.8, 4) is 0 Å². The number of nitrogens with two attached hydrogens (primary N) is 1. The molecule has 7 nitrogen and oxygen atoms in total. The van der Waals surface area contributed by atoms with Crippen molar-refractivity contribution in [3.05, 3.63) is 35.4 Å². The zero-order valence-electron chi connectivity index (χ0n) is 11.9. The Bertz CT molecular complexity index is 610. The Hall–Kier alpha value is -1.48. The van der Waals surface area contributed by atoms with Crippen LogP contribution in [0.1, 0.15) is 15.9 Å². The third-order valence-corrected chi connectivity index (χ3v) is 4.83. The summed E-state index contributed by atoms with van der Waals surface area (Å²) >= 11 is 0. The first-order valence-electron chi connectivity index (χ1n) is 6.67. The topological polar surface area (TPSA) is 95.7 Å². The van der Waals surface area contributed by atoms with E-state index in [-0.39, 0.29) is 5.91 Å². The van der Waals surface area contributed by atoms with Crippen molar-refractivity contribution in [2.24, 2.45) is 5.84 Å². The Morgan fingerprint density at radius 1 is 1.29 bits per heavy atom. The maximum absolute atomic E-state index is 11.5. The average Bonchev–Trinajstić information content (AvgIpc) is 2.46. The van der Waals surface area contributed by atoms with Gasteiger partial charge in [-0.15, -0.1) is 0 Å². The molecule has 1 saturated heterocycles. The lowest BCUT2D eigenvalue weighted by Crippen LogP contribution is -2.47. The summed E-state index contributed by atoms with van der Waals surface area (Å²) in [5.74, 6) is 4.80. The van der Waals surface area contributed by atoms with Crippen LogP contribution in [0.2, 0.25) is 0 Å². The molecule has 0 bridgehead atoms. The number of carbonyl (C=O) groups excluding carboxylic acids is 1. The summed E-state index contributed by atoms with van der Waals surface area (Å²) in [6, 6.07) is 7.25. The molecule has 1 fully saturated rings. The molecule has 21 heavy (non-hydrogen) atoms. The first-order valence-corrected chi connectivity index (χ1v) is 8.52. The highest BCUT2D eigenvalue weighted by atomic mass is 32.2. The molecular weight excluding hydrogens is 292 g/mol. The number of hydrogen-bond donors (Lipinski definition) is 2. The van der Waals surface area contributed by atoms with Crippen molar-refractivity contribution in [1.29, 1.82) is 0 Å². The van der Waals surface area contributed by atoms with Gasteiger partial charge in [-0.1, -0.05) is 12.1 Å². The van der Waals surface area contributed by atoms with E-state index >= 15 is 0 Å². The number of sulfonamides is 1. The van der Waals surface area contributed by atoms with E-state index in [9.17, 15) is 13.2 Å². The summed E-state index contributed by atoms with van der Waals surface area (Å²) in [4.78, 5) is 13.7. The normalized spacial score (nSPS) is 17.6. The molecule has 2 rings (SSSR count). The standard InChI is InChI=1S/C13H20N4O3S/c1-21(19,20)17-7-5-16(6-8-17)10-11-3-2-4-12(9-11)13(18)15-14/h2-4,9H,5-8,10,14H2,1H3,(H,15,18). The monoisotopic (exact) mass is 312 g/mol. The number of nitrogens with zero attached hydrogens (tertiary/aromatic N) is 2. The van der Waals surface area contributed by atoms with E-state index in [2.05, 4.69) is 10.3 Å². The van der Waals surface area contributed by atoms with Crippen LogP contribution in [0, 0.1) is 0 Å². The van der Waals surface area contributed by atoms with Gasteiger partial charge >= 0.3 is 0 Å². The van der Waals surface area contributed by atoms with E-state index in [0.717, 1.165) is 5.56 Å². The van der Waals surface area contributed by atoms with Crippen LogP contribution in [-0.4, -0.2) is 56.0 Å². The highest BCUT2D eigenvalue weighted by Gasteiger charge is 2.23. The number of carbonyl (C=O) groups is 1. The maximum atomic E-state index is 11.5. The number of rotatable bonds is 4. The van der Waals surface area contributed by atoms with Crippen molar-refractivity contribution in [2.45, 2.75) is 6.54 Å². The molecule has 8 heteroatoms. The van der Waals surface area contributed by atoms with Crippen LogP contribution < -0.4 is 11.3 Å². The van der Waals surface area contributed by atoms with Gasteiger partial charge in [-0.25, -0.2) is 14.3 Å². The summed E-state index contributed by atoms with van der Waals surface area (Å²) in [7, 11) is -3.10. The van der Waals surface area contributed by atoms with Gasteiger partial charge in [-0.05, 0) is 17.7 Å². The number of nitrogens with one attached hydrogen (secondary N) is 1. The fourth-order valence-electron chi connectivity index (χ4n) is 2.37. The van der Waals surface area contributed by atoms with Crippen molar-refractivity contribution < 1.29 is 13.2 Å². The molecule has 1 aromatic carbocycles. The minimum atomic E-state index is -3.10.